The molecule has 0 atom stereocenters. The molecule has 0 radical (unpaired) electrons. The highest BCUT2D eigenvalue weighted by atomic mass is 32.1. The van der Waals surface area contributed by atoms with Gasteiger partial charge in [0, 0.05) is 18.1 Å². The van der Waals surface area contributed by atoms with Crippen LogP contribution in [0.25, 0.3) is 0 Å². The smallest absolute Gasteiger partial charge is 0.202 e. The fourth-order valence-corrected chi connectivity index (χ4v) is 3.31. The Balaban J connectivity index is 2.31. The predicted molar refractivity (Wildman–Crippen MR) is 91.0 cm³/mol. The van der Waals surface area contributed by atoms with Crippen molar-refractivity contribution in [1.82, 2.24) is 9.36 Å². The van der Waals surface area contributed by atoms with Gasteiger partial charge in [-0.05, 0) is 24.3 Å². The van der Waals surface area contributed by atoms with Crippen LogP contribution in [0.5, 0.6) is 0 Å². The van der Waals surface area contributed by atoms with Crippen molar-refractivity contribution in [3.05, 3.63) is 41.7 Å². The Hall–Kier alpha value is -1.42. The molecule has 21 heavy (non-hydrogen) atoms. The molecule has 1 aromatic heterocycles. The van der Waals surface area contributed by atoms with E-state index < -0.39 is 0 Å². The lowest BCUT2D eigenvalue weighted by Crippen LogP contribution is -2.27. The van der Waals surface area contributed by atoms with Crippen LogP contribution in [0.4, 0.5) is 5.13 Å². The highest BCUT2D eigenvalue weighted by Crippen LogP contribution is 2.38. The zero-order valence-corrected chi connectivity index (χ0v) is 14.2. The molecule has 3 nitrogen and oxygen atoms in total. The van der Waals surface area contributed by atoms with Crippen LogP contribution in [0.15, 0.2) is 30.3 Å². The van der Waals surface area contributed by atoms with Gasteiger partial charge in [0.1, 0.15) is 0 Å². The molecule has 0 amide bonds. The maximum absolute atomic E-state index is 4.77. The second kappa shape index (κ2) is 7.03. The van der Waals surface area contributed by atoms with Crippen molar-refractivity contribution in [1.29, 1.82) is 0 Å². The van der Waals surface area contributed by atoms with Crippen LogP contribution in [0.2, 0.25) is 0 Å². The van der Waals surface area contributed by atoms with E-state index in [0.717, 1.165) is 30.3 Å². The standard InChI is InChI=1S/C17H25N3S/c1-5-17(6-2,14-10-8-7-9-11-14)15-19-16(21-20-15)18-12-13(3)4/h7-11,13H,5-6,12H2,1-4H3,(H,18,19,20). The molecule has 0 aliphatic carbocycles. The average molecular weight is 303 g/mol. The van der Waals surface area contributed by atoms with E-state index in [-0.39, 0.29) is 5.41 Å². The highest BCUT2D eigenvalue weighted by molar-refractivity contribution is 7.09. The summed E-state index contributed by atoms with van der Waals surface area (Å²) in [6.45, 7) is 9.77. The van der Waals surface area contributed by atoms with Crippen LogP contribution in [0.1, 0.15) is 51.9 Å². The van der Waals surface area contributed by atoms with Crippen LogP contribution in [-0.2, 0) is 5.41 Å². The first-order valence-corrected chi connectivity index (χ1v) is 8.53. The van der Waals surface area contributed by atoms with Gasteiger partial charge in [-0.15, -0.1) is 0 Å². The number of aromatic nitrogens is 2. The van der Waals surface area contributed by atoms with E-state index in [0.29, 0.717) is 5.92 Å². The number of nitrogens with zero attached hydrogens (tertiary/aromatic N) is 2. The SMILES string of the molecule is CCC(CC)(c1ccccc1)c1nsc(NCC(C)C)n1. The molecule has 2 rings (SSSR count). The number of anilines is 1. The molecule has 0 saturated heterocycles. The van der Waals surface area contributed by atoms with Gasteiger partial charge in [0.2, 0.25) is 5.13 Å². The van der Waals surface area contributed by atoms with Crippen LogP contribution < -0.4 is 5.32 Å². The molecule has 1 aromatic carbocycles. The molecule has 1 heterocycles. The minimum absolute atomic E-state index is 0.0739. The summed E-state index contributed by atoms with van der Waals surface area (Å²) in [4.78, 5) is 4.77. The van der Waals surface area contributed by atoms with Crippen molar-refractivity contribution in [2.24, 2.45) is 5.92 Å². The molecule has 0 spiro atoms. The predicted octanol–water partition coefficient (Wildman–Crippen LogP) is 4.71. The molecule has 0 aliphatic rings. The maximum Gasteiger partial charge on any atom is 0.202 e. The summed E-state index contributed by atoms with van der Waals surface area (Å²) < 4.78 is 4.65. The van der Waals surface area contributed by atoms with E-state index in [1.54, 1.807) is 0 Å². The van der Waals surface area contributed by atoms with Crippen LogP contribution in [0, 0.1) is 5.92 Å². The Morgan fingerprint density at radius 1 is 1.14 bits per heavy atom. The second-order valence-corrected chi connectivity index (χ2v) is 6.60. The third kappa shape index (κ3) is 3.43. The molecule has 4 heteroatoms. The number of rotatable bonds is 7. The zero-order chi connectivity index (χ0) is 15.3. The van der Waals surface area contributed by atoms with Gasteiger partial charge in [-0.25, -0.2) is 4.98 Å². The van der Waals surface area contributed by atoms with Crippen molar-refractivity contribution in [2.75, 3.05) is 11.9 Å². The van der Waals surface area contributed by atoms with Crippen molar-refractivity contribution in [3.8, 4) is 0 Å². The second-order valence-electron chi connectivity index (χ2n) is 5.85. The molecule has 0 fully saturated rings. The van der Waals surface area contributed by atoms with E-state index in [2.05, 4.69) is 67.7 Å². The first kappa shape index (κ1) is 16.0. The zero-order valence-electron chi connectivity index (χ0n) is 13.4. The lowest BCUT2D eigenvalue weighted by molar-refractivity contribution is 0.455. The molecule has 114 valence electrons. The molecule has 2 aromatic rings. The van der Waals surface area contributed by atoms with Crippen molar-refractivity contribution in [3.63, 3.8) is 0 Å². The Kier molecular flexibility index (Phi) is 5.34. The van der Waals surface area contributed by atoms with E-state index >= 15 is 0 Å². The minimum Gasteiger partial charge on any atom is -0.360 e. The Bertz CT molecular complexity index is 544. The maximum atomic E-state index is 4.77. The Morgan fingerprint density at radius 2 is 1.81 bits per heavy atom. The van der Waals surface area contributed by atoms with Crippen molar-refractivity contribution < 1.29 is 0 Å². The van der Waals surface area contributed by atoms with Crippen molar-refractivity contribution in [2.45, 2.75) is 46.0 Å². The topological polar surface area (TPSA) is 37.8 Å². The molecule has 0 saturated carbocycles. The quantitative estimate of drug-likeness (QED) is 0.804. The summed E-state index contributed by atoms with van der Waals surface area (Å²) in [5.74, 6) is 1.56. The van der Waals surface area contributed by atoms with Gasteiger partial charge in [0.15, 0.2) is 5.82 Å². The van der Waals surface area contributed by atoms with Gasteiger partial charge >= 0.3 is 0 Å². The number of hydrogen-bond donors (Lipinski definition) is 1. The first-order valence-electron chi connectivity index (χ1n) is 7.76. The molecular formula is C17H25N3S. The van der Waals surface area contributed by atoms with Gasteiger partial charge in [0.05, 0.1) is 5.41 Å². The largest absolute Gasteiger partial charge is 0.360 e. The fourth-order valence-electron chi connectivity index (χ4n) is 2.64. The van der Waals surface area contributed by atoms with Crippen LogP contribution >= 0.6 is 11.5 Å². The number of nitrogens with one attached hydrogen (secondary N) is 1. The lowest BCUT2D eigenvalue weighted by atomic mass is 9.75. The molecule has 1 N–H and O–H groups in total. The molecular weight excluding hydrogens is 278 g/mol. The van der Waals surface area contributed by atoms with Gasteiger partial charge in [-0.1, -0.05) is 58.0 Å². The lowest BCUT2D eigenvalue weighted by Gasteiger charge is -2.29. The van der Waals surface area contributed by atoms with Gasteiger partial charge in [-0.2, -0.15) is 4.37 Å². The average Bonchev–Trinajstić information content (AvgIpc) is 2.98. The first-order chi connectivity index (χ1) is 10.1. The Labute approximate surface area is 132 Å². The number of hydrogen-bond acceptors (Lipinski definition) is 4. The summed E-state index contributed by atoms with van der Waals surface area (Å²) in [6.07, 6.45) is 2.02. The van der Waals surface area contributed by atoms with E-state index in [9.17, 15) is 0 Å². The number of benzene rings is 1. The molecule has 0 unspecified atom stereocenters. The van der Waals surface area contributed by atoms with Gasteiger partial charge < -0.3 is 5.32 Å². The third-order valence-corrected chi connectivity index (χ3v) is 4.72. The summed E-state index contributed by atoms with van der Waals surface area (Å²) in [5.41, 5.74) is 1.23. The fraction of sp³-hybridized carbons (Fsp3) is 0.529. The van der Waals surface area contributed by atoms with Crippen LogP contribution in [-0.4, -0.2) is 15.9 Å². The van der Waals surface area contributed by atoms with E-state index in [1.165, 1.54) is 17.1 Å². The Morgan fingerprint density at radius 3 is 2.38 bits per heavy atom. The highest BCUT2D eigenvalue weighted by Gasteiger charge is 2.34. The minimum atomic E-state index is -0.0739. The third-order valence-electron chi connectivity index (χ3n) is 4.05. The van der Waals surface area contributed by atoms with E-state index in [4.69, 9.17) is 4.98 Å². The summed E-state index contributed by atoms with van der Waals surface area (Å²) >= 11 is 1.47. The van der Waals surface area contributed by atoms with E-state index in [1.807, 2.05) is 0 Å². The summed E-state index contributed by atoms with van der Waals surface area (Å²) in [6, 6.07) is 10.6. The van der Waals surface area contributed by atoms with Crippen LogP contribution in [0.3, 0.4) is 0 Å². The summed E-state index contributed by atoms with van der Waals surface area (Å²) in [7, 11) is 0. The summed E-state index contributed by atoms with van der Waals surface area (Å²) in [5, 5.41) is 4.31. The normalized spacial score (nSPS) is 11.9. The molecule has 0 aliphatic heterocycles. The van der Waals surface area contributed by atoms with Gasteiger partial charge in [0.25, 0.3) is 0 Å². The van der Waals surface area contributed by atoms with Crippen molar-refractivity contribution >= 4 is 16.7 Å². The monoisotopic (exact) mass is 303 g/mol. The molecule has 0 bridgehead atoms. The van der Waals surface area contributed by atoms with Gasteiger partial charge in [-0.3, -0.25) is 0 Å².